The first-order chi connectivity index (χ1) is 11.5. The quantitative estimate of drug-likeness (QED) is 0.618. The number of nitrogens with one attached hydrogen (secondary N) is 3. The van der Waals surface area contributed by atoms with Crippen molar-refractivity contribution in [3.63, 3.8) is 0 Å². The number of carbonyl (C=O) groups excluding carboxylic acids is 2. The maximum atomic E-state index is 11.9. The van der Waals surface area contributed by atoms with Crippen LogP contribution in [0.1, 0.15) is 18.5 Å². The molecule has 1 saturated heterocycles. The molecule has 1 atom stereocenters. The summed E-state index contributed by atoms with van der Waals surface area (Å²) in [6.45, 7) is 6.64. The molecule has 0 saturated carbocycles. The second-order valence-electron chi connectivity index (χ2n) is 5.69. The minimum atomic E-state index is -0.603. The van der Waals surface area contributed by atoms with E-state index in [-0.39, 0.29) is 12.1 Å². The number of morpholine rings is 1. The summed E-state index contributed by atoms with van der Waals surface area (Å²) in [6, 6.07) is 6.22. The molecule has 24 heavy (non-hydrogen) atoms. The highest BCUT2D eigenvalue weighted by atomic mass is 16.5. The molecule has 1 aliphatic heterocycles. The second kappa shape index (κ2) is 9.09. The van der Waals surface area contributed by atoms with E-state index in [1.54, 1.807) is 12.1 Å². The number of carbonyl (C=O) groups is 2. The maximum Gasteiger partial charge on any atom is 0.316 e. The highest BCUT2D eigenvalue weighted by molar-refractivity contribution is 5.87. The van der Waals surface area contributed by atoms with Gasteiger partial charge in [-0.15, -0.1) is 0 Å². The molecule has 5 N–H and O–H groups in total. The standard InChI is InChI=1S/C16H25N5O3/c1-12(13-2-4-14(5-3-13)20-15(17)22)19-16(23)18-6-7-21-8-10-24-11-9-21/h2-5,12H,6-11H2,1H3,(H3,17,20,22)(H2,18,19,23). The van der Waals surface area contributed by atoms with Crippen LogP contribution in [0.5, 0.6) is 0 Å². The van der Waals surface area contributed by atoms with Crippen molar-refractivity contribution in [3.8, 4) is 0 Å². The zero-order chi connectivity index (χ0) is 17.4. The lowest BCUT2D eigenvalue weighted by atomic mass is 10.1. The smallest absolute Gasteiger partial charge is 0.316 e. The van der Waals surface area contributed by atoms with E-state index in [9.17, 15) is 9.59 Å². The van der Waals surface area contributed by atoms with Crippen LogP contribution in [0.15, 0.2) is 24.3 Å². The Balaban J connectivity index is 1.71. The van der Waals surface area contributed by atoms with Crippen LogP contribution in [0.4, 0.5) is 15.3 Å². The zero-order valence-corrected chi connectivity index (χ0v) is 13.9. The third-order valence-electron chi connectivity index (χ3n) is 3.84. The molecule has 2 rings (SSSR count). The summed E-state index contributed by atoms with van der Waals surface area (Å²) < 4.78 is 5.29. The Bertz CT molecular complexity index is 543. The van der Waals surface area contributed by atoms with E-state index in [0.29, 0.717) is 12.2 Å². The molecule has 1 aromatic carbocycles. The van der Waals surface area contributed by atoms with Crippen molar-refractivity contribution in [2.24, 2.45) is 5.73 Å². The number of hydrogen-bond donors (Lipinski definition) is 4. The van der Waals surface area contributed by atoms with Crippen LogP contribution < -0.4 is 21.7 Å². The van der Waals surface area contributed by atoms with E-state index in [2.05, 4.69) is 20.9 Å². The van der Waals surface area contributed by atoms with E-state index < -0.39 is 6.03 Å². The third-order valence-corrected chi connectivity index (χ3v) is 3.84. The molecule has 4 amide bonds. The lowest BCUT2D eigenvalue weighted by Gasteiger charge is -2.26. The van der Waals surface area contributed by atoms with E-state index >= 15 is 0 Å². The van der Waals surface area contributed by atoms with Crippen LogP contribution in [0.2, 0.25) is 0 Å². The number of amides is 4. The highest BCUT2D eigenvalue weighted by Crippen LogP contribution is 2.15. The number of nitrogens with two attached hydrogens (primary N) is 1. The van der Waals surface area contributed by atoms with Gasteiger partial charge in [0.05, 0.1) is 19.3 Å². The van der Waals surface area contributed by atoms with Gasteiger partial charge in [0.25, 0.3) is 0 Å². The number of nitrogens with zero attached hydrogens (tertiary/aromatic N) is 1. The van der Waals surface area contributed by atoms with Crippen LogP contribution in [0.25, 0.3) is 0 Å². The fourth-order valence-corrected chi connectivity index (χ4v) is 2.48. The Morgan fingerprint density at radius 1 is 1.25 bits per heavy atom. The van der Waals surface area contributed by atoms with Crippen LogP contribution in [-0.2, 0) is 4.74 Å². The monoisotopic (exact) mass is 335 g/mol. The number of rotatable bonds is 6. The molecule has 0 radical (unpaired) electrons. The van der Waals surface area contributed by atoms with Gasteiger partial charge < -0.3 is 26.4 Å². The van der Waals surface area contributed by atoms with Crippen molar-refractivity contribution in [2.75, 3.05) is 44.7 Å². The van der Waals surface area contributed by atoms with Gasteiger partial charge in [-0.3, -0.25) is 4.90 Å². The number of hydrogen-bond acceptors (Lipinski definition) is 4. The van der Waals surface area contributed by atoms with Gasteiger partial charge in [-0.25, -0.2) is 9.59 Å². The van der Waals surface area contributed by atoms with Crippen LogP contribution in [0, 0.1) is 0 Å². The van der Waals surface area contributed by atoms with Gasteiger partial charge >= 0.3 is 12.1 Å². The molecule has 8 heteroatoms. The normalized spacial score (nSPS) is 16.2. The van der Waals surface area contributed by atoms with Gasteiger partial charge in [0.2, 0.25) is 0 Å². The summed E-state index contributed by atoms with van der Waals surface area (Å²) in [5.41, 5.74) is 6.62. The number of benzene rings is 1. The van der Waals surface area contributed by atoms with Gasteiger partial charge in [0, 0.05) is 31.9 Å². The van der Waals surface area contributed by atoms with Crippen LogP contribution >= 0.6 is 0 Å². The van der Waals surface area contributed by atoms with Gasteiger partial charge in [0.15, 0.2) is 0 Å². The van der Waals surface area contributed by atoms with Crippen molar-refractivity contribution in [2.45, 2.75) is 13.0 Å². The first-order valence-electron chi connectivity index (χ1n) is 8.05. The molecule has 0 aliphatic carbocycles. The Morgan fingerprint density at radius 2 is 1.92 bits per heavy atom. The molecule has 0 spiro atoms. The van der Waals surface area contributed by atoms with Gasteiger partial charge in [-0.2, -0.15) is 0 Å². The van der Waals surface area contributed by atoms with Crippen molar-refractivity contribution >= 4 is 17.7 Å². The van der Waals surface area contributed by atoms with E-state index in [1.165, 1.54) is 0 Å². The lowest BCUT2D eigenvalue weighted by Crippen LogP contribution is -2.44. The van der Waals surface area contributed by atoms with Crippen LogP contribution in [0.3, 0.4) is 0 Å². The molecule has 1 aromatic rings. The summed E-state index contributed by atoms with van der Waals surface area (Å²) in [6.07, 6.45) is 0. The van der Waals surface area contributed by atoms with E-state index in [0.717, 1.165) is 38.4 Å². The lowest BCUT2D eigenvalue weighted by molar-refractivity contribution is 0.0387. The second-order valence-corrected chi connectivity index (χ2v) is 5.69. The van der Waals surface area contributed by atoms with Gasteiger partial charge in [-0.1, -0.05) is 12.1 Å². The Labute approximate surface area is 141 Å². The molecule has 8 nitrogen and oxygen atoms in total. The fraction of sp³-hybridized carbons (Fsp3) is 0.500. The average molecular weight is 335 g/mol. The SMILES string of the molecule is CC(NC(=O)NCCN1CCOCC1)c1ccc(NC(N)=O)cc1. The fourth-order valence-electron chi connectivity index (χ4n) is 2.48. The number of urea groups is 2. The first-order valence-corrected chi connectivity index (χ1v) is 8.05. The molecule has 1 aliphatic rings. The number of anilines is 1. The maximum absolute atomic E-state index is 11.9. The third kappa shape index (κ3) is 6.05. The first kappa shape index (κ1) is 18.0. The zero-order valence-electron chi connectivity index (χ0n) is 13.9. The summed E-state index contributed by atoms with van der Waals surface area (Å²) in [7, 11) is 0. The summed E-state index contributed by atoms with van der Waals surface area (Å²) in [4.78, 5) is 25.0. The molecular formula is C16H25N5O3. The molecule has 0 aromatic heterocycles. The highest BCUT2D eigenvalue weighted by Gasteiger charge is 2.12. The minimum absolute atomic E-state index is 0.143. The van der Waals surface area contributed by atoms with Crippen LogP contribution in [-0.4, -0.2) is 56.4 Å². The van der Waals surface area contributed by atoms with E-state index in [1.807, 2.05) is 19.1 Å². The molecular weight excluding hydrogens is 310 g/mol. The van der Waals surface area contributed by atoms with Crippen molar-refractivity contribution in [1.82, 2.24) is 15.5 Å². The number of primary amides is 1. The van der Waals surface area contributed by atoms with E-state index in [4.69, 9.17) is 10.5 Å². The predicted molar refractivity (Wildman–Crippen MR) is 91.9 cm³/mol. The van der Waals surface area contributed by atoms with Gasteiger partial charge in [-0.05, 0) is 24.6 Å². The molecule has 1 heterocycles. The Hall–Kier alpha value is -2.32. The minimum Gasteiger partial charge on any atom is -0.379 e. The Kier molecular flexibility index (Phi) is 6.83. The topological polar surface area (TPSA) is 109 Å². The summed E-state index contributed by atoms with van der Waals surface area (Å²) in [5.74, 6) is 0. The van der Waals surface area contributed by atoms with Crippen molar-refractivity contribution < 1.29 is 14.3 Å². The summed E-state index contributed by atoms with van der Waals surface area (Å²) >= 11 is 0. The molecule has 1 fully saturated rings. The summed E-state index contributed by atoms with van der Waals surface area (Å²) in [5, 5.41) is 8.25. The predicted octanol–water partition coefficient (Wildman–Crippen LogP) is 0.870. The number of ether oxygens (including phenoxy) is 1. The molecule has 0 bridgehead atoms. The largest absolute Gasteiger partial charge is 0.379 e. The van der Waals surface area contributed by atoms with Crippen molar-refractivity contribution in [1.29, 1.82) is 0 Å². The molecule has 1 unspecified atom stereocenters. The van der Waals surface area contributed by atoms with Crippen molar-refractivity contribution in [3.05, 3.63) is 29.8 Å². The molecule has 132 valence electrons. The average Bonchev–Trinajstić information content (AvgIpc) is 2.56. The van der Waals surface area contributed by atoms with Gasteiger partial charge in [0.1, 0.15) is 0 Å². The Morgan fingerprint density at radius 3 is 2.54 bits per heavy atom.